The molecule has 0 unspecified atom stereocenters. The number of rotatable bonds is 5. The van der Waals surface area contributed by atoms with Gasteiger partial charge in [0.1, 0.15) is 0 Å². The number of fused-ring (bicyclic) bond motifs is 1. The number of carbonyl (C=O) groups excluding carboxylic acids is 1. The fourth-order valence-corrected chi connectivity index (χ4v) is 2.60. The van der Waals surface area contributed by atoms with Gasteiger partial charge in [0.15, 0.2) is 0 Å². The van der Waals surface area contributed by atoms with E-state index in [1.54, 1.807) is 12.5 Å². The van der Waals surface area contributed by atoms with Crippen molar-refractivity contribution in [3.8, 4) is 0 Å². The number of hydrogen-bond acceptors (Lipinski definition) is 2. The molecule has 2 amide bonds. The summed E-state index contributed by atoms with van der Waals surface area (Å²) in [5.41, 5.74) is 4.49. The molecular weight excluding hydrogens is 278 g/mol. The maximum absolute atomic E-state index is 11.8. The second kappa shape index (κ2) is 6.39. The molecule has 0 spiro atoms. The molecule has 22 heavy (non-hydrogen) atoms. The van der Waals surface area contributed by atoms with Crippen molar-refractivity contribution >= 4 is 16.9 Å². The Balaban J connectivity index is 1.51. The first kappa shape index (κ1) is 14.3. The van der Waals surface area contributed by atoms with Gasteiger partial charge in [0.25, 0.3) is 0 Å². The fourth-order valence-electron chi connectivity index (χ4n) is 2.60. The summed E-state index contributed by atoms with van der Waals surface area (Å²) in [7, 11) is 0. The molecule has 3 aromatic rings. The number of aromatic nitrogens is 1. The minimum absolute atomic E-state index is 0.168. The van der Waals surface area contributed by atoms with Crippen molar-refractivity contribution in [2.24, 2.45) is 0 Å². The van der Waals surface area contributed by atoms with Crippen LogP contribution in [0, 0.1) is 6.92 Å². The van der Waals surface area contributed by atoms with Crippen LogP contribution >= 0.6 is 0 Å². The molecule has 0 aliphatic carbocycles. The molecule has 3 rings (SSSR count). The van der Waals surface area contributed by atoms with Crippen LogP contribution in [0.2, 0.25) is 0 Å². The van der Waals surface area contributed by atoms with Crippen LogP contribution in [0.3, 0.4) is 0 Å². The largest absolute Gasteiger partial charge is 0.472 e. The van der Waals surface area contributed by atoms with Gasteiger partial charge in [0.05, 0.1) is 12.5 Å². The fraction of sp³-hybridized carbons (Fsp3) is 0.235. The summed E-state index contributed by atoms with van der Waals surface area (Å²) in [5, 5.41) is 6.90. The molecule has 1 aromatic carbocycles. The summed E-state index contributed by atoms with van der Waals surface area (Å²) in [6.45, 7) is 3.13. The van der Waals surface area contributed by atoms with Gasteiger partial charge >= 0.3 is 6.03 Å². The Morgan fingerprint density at radius 1 is 1.23 bits per heavy atom. The van der Waals surface area contributed by atoms with Crippen LogP contribution in [0.5, 0.6) is 0 Å². The average molecular weight is 297 g/mol. The topological polar surface area (TPSA) is 70.1 Å². The second-order valence-electron chi connectivity index (χ2n) is 5.27. The minimum atomic E-state index is -0.168. The normalized spacial score (nSPS) is 10.8. The molecule has 0 saturated carbocycles. The number of hydrogen-bond donors (Lipinski definition) is 3. The number of nitrogens with one attached hydrogen (secondary N) is 3. The van der Waals surface area contributed by atoms with E-state index >= 15 is 0 Å². The van der Waals surface area contributed by atoms with Crippen molar-refractivity contribution in [2.45, 2.75) is 19.9 Å². The van der Waals surface area contributed by atoms with Crippen LogP contribution in [-0.2, 0) is 13.0 Å². The van der Waals surface area contributed by atoms with Crippen molar-refractivity contribution in [3.05, 3.63) is 59.7 Å². The lowest BCUT2D eigenvalue weighted by Crippen LogP contribution is -2.36. The number of para-hydroxylation sites is 1. The van der Waals surface area contributed by atoms with E-state index < -0.39 is 0 Å². The zero-order chi connectivity index (χ0) is 15.4. The van der Waals surface area contributed by atoms with Crippen molar-refractivity contribution in [2.75, 3.05) is 6.54 Å². The first-order chi connectivity index (χ1) is 10.7. The van der Waals surface area contributed by atoms with E-state index in [9.17, 15) is 4.79 Å². The molecule has 0 radical (unpaired) electrons. The van der Waals surface area contributed by atoms with Gasteiger partial charge in [0, 0.05) is 35.2 Å². The maximum atomic E-state index is 11.8. The zero-order valence-corrected chi connectivity index (χ0v) is 12.5. The van der Waals surface area contributed by atoms with Crippen LogP contribution in [0.4, 0.5) is 4.79 Å². The van der Waals surface area contributed by atoms with Gasteiger partial charge in [-0.2, -0.15) is 0 Å². The number of aromatic amines is 1. The van der Waals surface area contributed by atoms with Gasteiger partial charge in [-0.25, -0.2) is 4.79 Å². The summed E-state index contributed by atoms with van der Waals surface area (Å²) >= 11 is 0. The lowest BCUT2D eigenvalue weighted by atomic mass is 10.1. The molecule has 0 atom stereocenters. The highest BCUT2D eigenvalue weighted by Gasteiger charge is 2.08. The maximum Gasteiger partial charge on any atom is 0.315 e. The third-order valence-corrected chi connectivity index (χ3v) is 3.72. The van der Waals surface area contributed by atoms with Gasteiger partial charge in [-0.3, -0.25) is 0 Å². The Kier molecular flexibility index (Phi) is 4.14. The summed E-state index contributed by atoms with van der Waals surface area (Å²) in [5.74, 6) is 0. The number of carbonyl (C=O) groups is 1. The van der Waals surface area contributed by atoms with Crippen molar-refractivity contribution in [1.82, 2.24) is 15.6 Å². The Morgan fingerprint density at radius 2 is 2.09 bits per heavy atom. The predicted molar refractivity (Wildman–Crippen MR) is 85.7 cm³/mol. The van der Waals surface area contributed by atoms with E-state index in [4.69, 9.17) is 4.42 Å². The number of furan rings is 1. The highest BCUT2D eigenvalue weighted by atomic mass is 16.3. The number of benzene rings is 1. The molecule has 0 bridgehead atoms. The van der Waals surface area contributed by atoms with Crippen LogP contribution < -0.4 is 10.6 Å². The molecule has 114 valence electrons. The summed E-state index contributed by atoms with van der Waals surface area (Å²) < 4.78 is 4.96. The van der Waals surface area contributed by atoms with Crippen LogP contribution in [0.15, 0.2) is 47.3 Å². The molecule has 2 aromatic heterocycles. The summed E-state index contributed by atoms with van der Waals surface area (Å²) in [6.07, 6.45) is 4.01. The van der Waals surface area contributed by atoms with E-state index in [1.807, 2.05) is 18.2 Å². The first-order valence-corrected chi connectivity index (χ1v) is 7.33. The van der Waals surface area contributed by atoms with E-state index in [2.05, 4.69) is 34.7 Å². The van der Waals surface area contributed by atoms with Gasteiger partial charge in [-0.1, -0.05) is 18.2 Å². The number of urea groups is 1. The van der Waals surface area contributed by atoms with Crippen molar-refractivity contribution < 1.29 is 9.21 Å². The lowest BCUT2D eigenvalue weighted by molar-refractivity contribution is 0.240. The van der Waals surface area contributed by atoms with Gasteiger partial charge < -0.3 is 20.0 Å². The van der Waals surface area contributed by atoms with E-state index in [1.165, 1.54) is 10.9 Å². The molecular formula is C17H19N3O2. The smallest absolute Gasteiger partial charge is 0.315 e. The molecule has 2 heterocycles. The minimum Gasteiger partial charge on any atom is -0.472 e. The number of aryl methyl sites for hydroxylation is 1. The molecule has 0 fully saturated rings. The van der Waals surface area contributed by atoms with Crippen molar-refractivity contribution in [1.29, 1.82) is 0 Å². The van der Waals surface area contributed by atoms with E-state index in [-0.39, 0.29) is 6.03 Å². The van der Waals surface area contributed by atoms with Gasteiger partial charge in [-0.05, 0) is 31.0 Å². The summed E-state index contributed by atoms with van der Waals surface area (Å²) in [4.78, 5) is 15.1. The van der Waals surface area contributed by atoms with E-state index in [0.29, 0.717) is 13.1 Å². The second-order valence-corrected chi connectivity index (χ2v) is 5.27. The SMILES string of the molecule is Cc1[nH]c2ccccc2c1CCNC(=O)NCc1ccoc1. The average Bonchev–Trinajstić information content (AvgIpc) is 3.13. The van der Waals surface area contributed by atoms with Crippen LogP contribution in [0.1, 0.15) is 16.8 Å². The van der Waals surface area contributed by atoms with Crippen molar-refractivity contribution in [3.63, 3.8) is 0 Å². The monoisotopic (exact) mass is 297 g/mol. The third kappa shape index (κ3) is 3.14. The Hall–Kier alpha value is -2.69. The Morgan fingerprint density at radius 3 is 2.91 bits per heavy atom. The number of H-pyrrole nitrogens is 1. The zero-order valence-electron chi connectivity index (χ0n) is 12.5. The molecule has 0 aliphatic heterocycles. The van der Waals surface area contributed by atoms with Gasteiger partial charge in [-0.15, -0.1) is 0 Å². The predicted octanol–water partition coefficient (Wildman–Crippen LogP) is 3.11. The highest BCUT2D eigenvalue weighted by molar-refractivity contribution is 5.84. The quantitative estimate of drug-likeness (QED) is 0.677. The molecule has 5 nitrogen and oxygen atoms in total. The Bertz CT molecular complexity index is 759. The third-order valence-electron chi connectivity index (χ3n) is 3.72. The van der Waals surface area contributed by atoms with Crippen LogP contribution in [0.25, 0.3) is 10.9 Å². The molecule has 3 N–H and O–H groups in total. The summed E-state index contributed by atoms with van der Waals surface area (Å²) in [6, 6.07) is 9.88. The highest BCUT2D eigenvalue weighted by Crippen LogP contribution is 2.21. The molecule has 0 saturated heterocycles. The molecule has 5 heteroatoms. The Labute approximate surface area is 128 Å². The lowest BCUT2D eigenvalue weighted by Gasteiger charge is -2.07. The van der Waals surface area contributed by atoms with E-state index in [0.717, 1.165) is 23.2 Å². The van der Waals surface area contributed by atoms with Crippen LogP contribution in [-0.4, -0.2) is 17.6 Å². The molecule has 0 aliphatic rings. The first-order valence-electron chi connectivity index (χ1n) is 7.33. The van der Waals surface area contributed by atoms with Gasteiger partial charge in [0.2, 0.25) is 0 Å². The standard InChI is InChI=1S/C17H19N3O2/c1-12-14(15-4-2-3-5-16(15)20-12)6-8-18-17(21)19-10-13-7-9-22-11-13/h2-5,7,9,11,20H,6,8,10H2,1H3,(H2,18,19,21). The number of amides is 2.